The summed E-state index contributed by atoms with van der Waals surface area (Å²) in [4.78, 5) is 5.24. The zero-order valence-corrected chi connectivity index (χ0v) is 9.78. The van der Waals surface area contributed by atoms with Gasteiger partial charge in [-0.05, 0) is 25.3 Å². The third-order valence-electron chi connectivity index (χ3n) is 3.01. The van der Waals surface area contributed by atoms with E-state index in [-0.39, 0.29) is 0 Å². The predicted molar refractivity (Wildman–Crippen MR) is 65.4 cm³/mol. The average Bonchev–Trinajstić information content (AvgIpc) is 2.80. The maximum absolute atomic E-state index is 5.24. The highest BCUT2D eigenvalue weighted by Gasteiger charge is 2.12. The molecular formula is C14H18NO. The standard InChI is InChI=1S/C14H18NO/c1-12-6-8-14(9-7-12)11-16-15-10-13-4-2-3-5-13/h6-9,13H,2-5,11H2,1H3. The predicted octanol–water partition coefficient (Wildman–Crippen LogP) is 3.56. The van der Waals surface area contributed by atoms with Crippen LogP contribution in [0, 0.1) is 12.8 Å². The van der Waals surface area contributed by atoms with Crippen molar-refractivity contribution in [1.29, 1.82) is 0 Å². The molecule has 1 fully saturated rings. The first-order chi connectivity index (χ1) is 7.84. The Hall–Kier alpha value is -1.31. The molecule has 1 saturated carbocycles. The smallest absolute Gasteiger partial charge is 0.142 e. The zero-order valence-electron chi connectivity index (χ0n) is 9.78. The molecule has 1 radical (unpaired) electrons. The summed E-state index contributed by atoms with van der Waals surface area (Å²) in [6.45, 7) is 2.62. The minimum Gasteiger partial charge on any atom is -0.391 e. The third kappa shape index (κ3) is 3.37. The van der Waals surface area contributed by atoms with E-state index >= 15 is 0 Å². The van der Waals surface area contributed by atoms with Gasteiger partial charge in [0.1, 0.15) is 12.8 Å². The number of benzene rings is 1. The van der Waals surface area contributed by atoms with Gasteiger partial charge in [0.25, 0.3) is 0 Å². The molecule has 0 spiro atoms. The molecule has 1 aliphatic carbocycles. The van der Waals surface area contributed by atoms with Gasteiger partial charge in [0.05, 0.1) is 0 Å². The summed E-state index contributed by atoms with van der Waals surface area (Å²) < 4.78 is 0. The largest absolute Gasteiger partial charge is 0.391 e. The van der Waals surface area contributed by atoms with Gasteiger partial charge in [-0.15, -0.1) is 0 Å². The fraction of sp³-hybridized carbons (Fsp3) is 0.500. The molecule has 2 rings (SSSR count). The normalized spacial score (nSPS) is 17.1. The molecule has 0 aliphatic heterocycles. The van der Waals surface area contributed by atoms with Crippen LogP contribution in [-0.2, 0) is 11.4 Å². The lowest BCUT2D eigenvalue weighted by molar-refractivity contribution is 0.130. The number of nitrogens with zero attached hydrogens (tertiary/aromatic N) is 1. The first-order valence-electron chi connectivity index (χ1n) is 5.97. The van der Waals surface area contributed by atoms with Crippen molar-refractivity contribution in [2.24, 2.45) is 11.1 Å². The fourth-order valence-corrected chi connectivity index (χ4v) is 1.96. The van der Waals surface area contributed by atoms with Crippen LogP contribution in [0.5, 0.6) is 0 Å². The van der Waals surface area contributed by atoms with Crippen LogP contribution in [0.1, 0.15) is 36.8 Å². The monoisotopic (exact) mass is 216 g/mol. The van der Waals surface area contributed by atoms with Crippen LogP contribution in [0.2, 0.25) is 0 Å². The molecule has 1 aromatic rings. The topological polar surface area (TPSA) is 21.6 Å². The van der Waals surface area contributed by atoms with Gasteiger partial charge in [-0.3, -0.25) is 0 Å². The maximum Gasteiger partial charge on any atom is 0.142 e. The Morgan fingerprint density at radius 3 is 2.62 bits per heavy atom. The summed E-state index contributed by atoms with van der Waals surface area (Å²) in [6, 6.07) is 8.31. The average molecular weight is 216 g/mol. The highest BCUT2D eigenvalue weighted by Crippen LogP contribution is 2.22. The molecule has 0 heterocycles. The second-order valence-electron chi connectivity index (χ2n) is 4.46. The molecule has 0 aromatic heterocycles. The minimum absolute atomic E-state index is 0.526. The van der Waals surface area contributed by atoms with E-state index in [0.29, 0.717) is 12.5 Å². The van der Waals surface area contributed by atoms with E-state index in [9.17, 15) is 0 Å². The van der Waals surface area contributed by atoms with Gasteiger partial charge in [-0.2, -0.15) is 0 Å². The molecule has 0 bridgehead atoms. The van der Waals surface area contributed by atoms with Crippen LogP contribution in [0.15, 0.2) is 29.4 Å². The van der Waals surface area contributed by atoms with Crippen molar-refractivity contribution in [2.75, 3.05) is 0 Å². The van der Waals surface area contributed by atoms with Crippen LogP contribution in [-0.4, -0.2) is 6.21 Å². The molecule has 1 aromatic carbocycles. The first-order valence-corrected chi connectivity index (χ1v) is 5.97. The van der Waals surface area contributed by atoms with E-state index in [0.717, 1.165) is 5.56 Å². The number of hydrogen-bond donors (Lipinski definition) is 0. The molecule has 0 N–H and O–H groups in total. The van der Waals surface area contributed by atoms with Gasteiger partial charge in [-0.1, -0.05) is 47.8 Å². The van der Waals surface area contributed by atoms with E-state index in [1.54, 1.807) is 0 Å². The van der Waals surface area contributed by atoms with E-state index in [1.807, 2.05) is 0 Å². The lowest BCUT2D eigenvalue weighted by Gasteiger charge is -2.01. The van der Waals surface area contributed by atoms with Gasteiger partial charge in [0.2, 0.25) is 0 Å². The number of rotatable bonds is 4. The van der Waals surface area contributed by atoms with Crippen molar-refractivity contribution in [3.05, 3.63) is 35.4 Å². The summed E-state index contributed by atoms with van der Waals surface area (Å²) in [5.74, 6) is 0.526. The molecule has 0 unspecified atom stereocenters. The second kappa shape index (κ2) is 5.69. The summed E-state index contributed by atoms with van der Waals surface area (Å²) in [6.07, 6.45) is 8.13. The Bertz CT molecular complexity index is 336. The van der Waals surface area contributed by atoms with Crippen LogP contribution in [0.25, 0.3) is 0 Å². The van der Waals surface area contributed by atoms with Gasteiger partial charge < -0.3 is 4.84 Å². The van der Waals surface area contributed by atoms with Crippen LogP contribution in [0.4, 0.5) is 0 Å². The van der Waals surface area contributed by atoms with Crippen molar-refractivity contribution in [3.8, 4) is 0 Å². The lowest BCUT2D eigenvalue weighted by atomic mass is 10.1. The van der Waals surface area contributed by atoms with Gasteiger partial charge in [0, 0.05) is 5.92 Å². The number of aryl methyl sites for hydroxylation is 1. The van der Waals surface area contributed by atoms with Crippen LogP contribution < -0.4 is 0 Å². The summed E-state index contributed by atoms with van der Waals surface area (Å²) in [7, 11) is 0. The molecule has 85 valence electrons. The molecule has 2 nitrogen and oxygen atoms in total. The third-order valence-corrected chi connectivity index (χ3v) is 3.01. The number of hydrogen-bond acceptors (Lipinski definition) is 2. The summed E-state index contributed by atoms with van der Waals surface area (Å²) in [5.41, 5.74) is 2.42. The highest BCUT2D eigenvalue weighted by atomic mass is 16.6. The summed E-state index contributed by atoms with van der Waals surface area (Å²) in [5, 5.41) is 3.92. The maximum atomic E-state index is 5.24. The second-order valence-corrected chi connectivity index (χ2v) is 4.46. The Morgan fingerprint density at radius 1 is 1.25 bits per heavy atom. The minimum atomic E-state index is 0.526. The molecule has 0 saturated heterocycles. The zero-order chi connectivity index (χ0) is 11.2. The van der Waals surface area contributed by atoms with Crippen molar-refractivity contribution >= 4 is 6.21 Å². The van der Waals surface area contributed by atoms with Gasteiger partial charge >= 0.3 is 0 Å². The SMILES string of the molecule is Cc1ccc(CO/N=[C]\C2CCCC2)cc1. The Labute approximate surface area is 97.3 Å². The molecule has 0 amide bonds. The quantitative estimate of drug-likeness (QED) is 0.557. The van der Waals surface area contributed by atoms with E-state index in [2.05, 4.69) is 42.6 Å². The summed E-state index contributed by atoms with van der Waals surface area (Å²) >= 11 is 0. The van der Waals surface area contributed by atoms with Gasteiger partial charge in [0.15, 0.2) is 0 Å². The Balaban J connectivity index is 1.72. The van der Waals surface area contributed by atoms with Crippen molar-refractivity contribution in [3.63, 3.8) is 0 Å². The molecule has 16 heavy (non-hydrogen) atoms. The van der Waals surface area contributed by atoms with Crippen molar-refractivity contribution in [2.45, 2.75) is 39.2 Å². The Morgan fingerprint density at radius 2 is 1.94 bits per heavy atom. The van der Waals surface area contributed by atoms with Crippen molar-refractivity contribution < 1.29 is 4.84 Å². The van der Waals surface area contributed by atoms with Crippen LogP contribution >= 0.6 is 0 Å². The molecular weight excluding hydrogens is 198 g/mol. The molecule has 1 aliphatic rings. The van der Waals surface area contributed by atoms with Gasteiger partial charge in [-0.25, -0.2) is 0 Å². The van der Waals surface area contributed by atoms with E-state index < -0.39 is 0 Å². The fourth-order valence-electron chi connectivity index (χ4n) is 1.96. The van der Waals surface area contributed by atoms with E-state index in [1.165, 1.54) is 31.2 Å². The Kier molecular flexibility index (Phi) is 3.97. The molecule has 0 atom stereocenters. The van der Waals surface area contributed by atoms with E-state index in [4.69, 9.17) is 4.84 Å². The van der Waals surface area contributed by atoms with Crippen LogP contribution in [0.3, 0.4) is 0 Å². The van der Waals surface area contributed by atoms with Crippen molar-refractivity contribution in [1.82, 2.24) is 0 Å². The first kappa shape index (κ1) is 11.2. The molecule has 2 heteroatoms. The lowest BCUT2D eigenvalue weighted by Crippen LogP contribution is -1.95. The highest BCUT2D eigenvalue weighted by molar-refractivity contribution is 5.60.